The van der Waals surface area contributed by atoms with E-state index in [1.165, 1.54) is 6.92 Å². The zero-order valence-corrected chi connectivity index (χ0v) is 16.7. The van der Waals surface area contributed by atoms with Crippen LogP contribution in [0.4, 0.5) is 0 Å². The van der Waals surface area contributed by atoms with E-state index in [0.29, 0.717) is 25.9 Å². The number of carbonyl (C=O) groups excluding carboxylic acids is 3. The Balaban J connectivity index is 1.80. The minimum Gasteiger partial charge on any atom is -0.548 e. The van der Waals surface area contributed by atoms with Gasteiger partial charge in [0.1, 0.15) is 0 Å². The monoisotopic (exact) mass is 403 g/mol. The quantitative estimate of drug-likeness (QED) is 0.501. The highest BCUT2D eigenvalue weighted by atomic mass is 16.4. The highest BCUT2D eigenvalue weighted by Crippen LogP contribution is 2.36. The number of hydrogen-bond acceptors (Lipinski definition) is 5. The maximum Gasteiger partial charge on any atom is 0.280 e. The second-order valence-electron chi connectivity index (χ2n) is 8.06. The van der Waals surface area contributed by atoms with Gasteiger partial charge < -0.3 is 30.5 Å². The Kier molecular flexibility index (Phi) is 6.54. The Morgan fingerprint density at radius 3 is 2.41 bits per heavy atom. The fourth-order valence-corrected chi connectivity index (χ4v) is 4.40. The average molecular weight is 403 g/mol. The molecule has 2 aliphatic heterocycles. The lowest BCUT2D eigenvalue weighted by Crippen LogP contribution is -2.89. The summed E-state index contributed by atoms with van der Waals surface area (Å²) in [7, 11) is 0. The molecule has 2 amide bonds. The molecular weight excluding hydrogens is 374 g/mol. The number of carboxylic acids is 1. The van der Waals surface area contributed by atoms with Crippen LogP contribution in [0.25, 0.3) is 0 Å². The molecule has 2 fully saturated rings. The van der Waals surface area contributed by atoms with E-state index in [0.717, 1.165) is 24.9 Å². The number of aliphatic carboxylic acids is 1. The van der Waals surface area contributed by atoms with Crippen molar-refractivity contribution >= 4 is 17.8 Å². The second-order valence-corrected chi connectivity index (χ2v) is 8.06. The summed E-state index contributed by atoms with van der Waals surface area (Å²) in [5.74, 6) is -1.87. The number of quaternary nitrogens is 1. The number of nitrogens with zero attached hydrogens (tertiary/aromatic N) is 1. The maximum atomic E-state index is 13.2. The smallest absolute Gasteiger partial charge is 0.280 e. The van der Waals surface area contributed by atoms with Gasteiger partial charge in [0.05, 0.1) is 30.1 Å². The van der Waals surface area contributed by atoms with Crippen LogP contribution in [0.1, 0.15) is 38.2 Å². The van der Waals surface area contributed by atoms with Crippen molar-refractivity contribution in [2.75, 3.05) is 19.6 Å². The number of piperidine rings is 1. The molecule has 2 saturated heterocycles. The number of nitrogens with one attached hydrogen (secondary N) is 1. The number of rotatable bonds is 6. The molecule has 0 unspecified atom stereocenters. The zero-order valence-electron chi connectivity index (χ0n) is 16.7. The van der Waals surface area contributed by atoms with Crippen molar-refractivity contribution in [3.63, 3.8) is 0 Å². The summed E-state index contributed by atoms with van der Waals surface area (Å²) in [6.45, 7) is 3.12. The van der Waals surface area contributed by atoms with Crippen molar-refractivity contribution in [2.45, 2.75) is 56.2 Å². The fraction of sp³-hybridized carbons (Fsp3) is 0.571. The Hall–Kier alpha value is -2.45. The summed E-state index contributed by atoms with van der Waals surface area (Å²) < 4.78 is 0. The minimum absolute atomic E-state index is 0.0363. The van der Waals surface area contributed by atoms with Crippen molar-refractivity contribution in [1.82, 2.24) is 10.2 Å². The third kappa shape index (κ3) is 4.43. The number of aliphatic hydroxyl groups is 1. The molecule has 1 aromatic carbocycles. The molecule has 1 aromatic rings. The van der Waals surface area contributed by atoms with E-state index in [1.54, 1.807) is 0 Å². The van der Waals surface area contributed by atoms with E-state index < -0.39 is 29.4 Å². The lowest BCUT2D eigenvalue weighted by atomic mass is 9.71. The van der Waals surface area contributed by atoms with Gasteiger partial charge in [0.2, 0.25) is 5.91 Å². The topological polar surface area (TPSA) is 126 Å². The van der Waals surface area contributed by atoms with Gasteiger partial charge in [-0.2, -0.15) is 0 Å². The highest BCUT2D eigenvalue weighted by molar-refractivity contribution is 5.92. The van der Waals surface area contributed by atoms with Gasteiger partial charge in [-0.1, -0.05) is 30.3 Å². The Labute approximate surface area is 170 Å². The summed E-state index contributed by atoms with van der Waals surface area (Å²) in [5, 5.41) is 25.6. The molecule has 2 heterocycles. The van der Waals surface area contributed by atoms with Crippen LogP contribution in [0.15, 0.2) is 30.3 Å². The lowest BCUT2D eigenvalue weighted by molar-refractivity contribution is -0.658. The van der Waals surface area contributed by atoms with Gasteiger partial charge in [0.25, 0.3) is 5.91 Å². The van der Waals surface area contributed by atoms with Gasteiger partial charge >= 0.3 is 0 Å². The van der Waals surface area contributed by atoms with Gasteiger partial charge in [0.15, 0.2) is 6.04 Å². The standard InChI is InChI=1S/C21H29N3O5/c1-14(25)17(19(27)28)23-20(29)21(15-6-3-2-4-7-15)9-12-24(13-10-21)18(26)16-8-5-11-22-16/h2-4,6-7,14,16-17,22,25H,5,8-13H2,1H3,(H,23,29)(H,27,28)/t14-,16+,17-/m1/s1. The van der Waals surface area contributed by atoms with Crippen LogP contribution in [0.3, 0.4) is 0 Å². The summed E-state index contributed by atoms with van der Waals surface area (Å²) in [6.07, 6.45) is 1.41. The molecule has 0 bridgehead atoms. The third-order valence-corrected chi connectivity index (χ3v) is 6.20. The van der Waals surface area contributed by atoms with E-state index in [1.807, 2.05) is 35.2 Å². The number of benzene rings is 1. The third-order valence-electron chi connectivity index (χ3n) is 6.20. The van der Waals surface area contributed by atoms with E-state index in [9.17, 15) is 24.6 Å². The van der Waals surface area contributed by atoms with Gasteiger partial charge in [-0.05, 0) is 25.3 Å². The molecule has 0 aromatic heterocycles. The molecule has 3 rings (SSSR count). The molecule has 2 aliphatic rings. The minimum atomic E-state index is -1.53. The Morgan fingerprint density at radius 2 is 1.90 bits per heavy atom. The molecular formula is C21H29N3O5. The fourth-order valence-electron chi connectivity index (χ4n) is 4.40. The first-order valence-electron chi connectivity index (χ1n) is 10.2. The van der Waals surface area contributed by atoms with Crippen LogP contribution in [0, 0.1) is 0 Å². The molecule has 3 atom stereocenters. The van der Waals surface area contributed by atoms with Gasteiger partial charge in [-0.15, -0.1) is 0 Å². The molecule has 8 heteroatoms. The van der Waals surface area contributed by atoms with Crippen molar-refractivity contribution in [2.24, 2.45) is 0 Å². The summed E-state index contributed by atoms with van der Waals surface area (Å²) >= 11 is 0. The van der Waals surface area contributed by atoms with E-state index in [4.69, 9.17) is 0 Å². The van der Waals surface area contributed by atoms with Crippen molar-refractivity contribution in [3.05, 3.63) is 35.9 Å². The predicted octanol–water partition coefficient (Wildman–Crippen LogP) is -2.11. The van der Waals surface area contributed by atoms with Crippen molar-refractivity contribution in [3.8, 4) is 0 Å². The zero-order chi connectivity index (χ0) is 21.0. The van der Waals surface area contributed by atoms with Crippen LogP contribution in [-0.4, -0.2) is 65.6 Å². The Morgan fingerprint density at radius 1 is 1.24 bits per heavy atom. The first kappa shape index (κ1) is 21.3. The average Bonchev–Trinajstić information content (AvgIpc) is 3.26. The first-order chi connectivity index (χ1) is 13.8. The largest absolute Gasteiger partial charge is 0.548 e. The molecule has 4 N–H and O–H groups in total. The number of likely N-dealkylation sites (tertiary alicyclic amines) is 1. The van der Waals surface area contributed by atoms with E-state index in [-0.39, 0.29) is 11.9 Å². The first-order valence-corrected chi connectivity index (χ1v) is 10.2. The molecule has 158 valence electrons. The van der Waals surface area contributed by atoms with Crippen molar-refractivity contribution < 1.29 is 29.9 Å². The van der Waals surface area contributed by atoms with Crippen LogP contribution >= 0.6 is 0 Å². The molecule has 0 radical (unpaired) electrons. The number of carboxylic acid groups (broad SMARTS) is 1. The van der Waals surface area contributed by atoms with Crippen LogP contribution in [0.2, 0.25) is 0 Å². The summed E-state index contributed by atoms with van der Waals surface area (Å²) in [5.41, 5.74) is -0.181. The number of aliphatic hydroxyl groups excluding tert-OH is 1. The predicted molar refractivity (Wildman–Crippen MR) is 102 cm³/mol. The van der Waals surface area contributed by atoms with E-state index >= 15 is 0 Å². The van der Waals surface area contributed by atoms with Gasteiger partial charge in [-0.25, -0.2) is 0 Å². The SMILES string of the molecule is C[C@@H](O)[C@@H](NC(=O)C1(c2ccccc2)CCN(C(=O)[C@@H]2CCC[NH2+]2)CC1)C(=O)[O-]. The number of carbonyl (C=O) groups is 3. The Bertz CT molecular complexity index is 738. The molecule has 0 spiro atoms. The summed E-state index contributed by atoms with van der Waals surface area (Å²) in [6, 6.07) is 7.68. The van der Waals surface area contributed by atoms with Gasteiger partial charge in [0, 0.05) is 25.9 Å². The number of hydrogen-bond donors (Lipinski definition) is 3. The summed E-state index contributed by atoms with van der Waals surface area (Å²) in [4.78, 5) is 39.2. The van der Waals surface area contributed by atoms with E-state index in [2.05, 4.69) is 10.6 Å². The van der Waals surface area contributed by atoms with Gasteiger partial charge in [-0.3, -0.25) is 9.59 Å². The second kappa shape index (κ2) is 8.92. The molecule has 0 aliphatic carbocycles. The normalized spacial score (nSPS) is 23.2. The molecule has 29 heavy (non-hydrogen) atoms. The number of amides is 2. The lowest BCUT2D eigenvalue weighted by Gasteiger charge is -2.42. The maximum absolute atomic E-state index is 13.2. The van der Waals surface area contributed by atoms with Crippen LogP contribution in [0.5, 0.6) is 0 Å². The number of nitrogens with two attached hydrogens (primary N) is 1. The molecule has 8 nitrogen and oxygen atoms in total. The van der Waals surface area contributed by atoms with Crippen LogP contribution < -0.4 is 15.7 Å². The molecule has 0 saturated carbocycles. The highest BCUT2D eigenvalue weighted by Gasteiger charge is 2.45. The van der Waals surface area contributed by atoms with Crippen molar-refractivity contribution in [1.29, 1.82) is 0 Å². The van der Waals surface area contributed by atoms with Crippen LogP contribution in [-0.2, 0) is 19.8 Å².